The molecule has 1 unspecified atom stereocenters. The van der Waals surface area contributed by atoms with Gasteiger partial charge in [-0.3, -0.25) is 9.59 Å². The van der Waals surface area contributed by atoms with Gasteiger partial charge < -0.3 is 16.4 Å². The quantitative estimate of drug-likeness (QED) is 0.633. The molecule has 0 bridgehead atoms. The molecule has 5 heteroatoms. The van der Waals surface area contributed by atoms with Crippen LogP contribution in [-0.4, -0.2) is 23.9 Å². The number of rotatable bonds is 8. The number of carbonyl (C=O) groups excluding carboxylic acids is 2. The van der Waals surface area contributed by atoms with Gasteiger partial charge >= 0.3 is 0 Å². The number of nitrogens with two attached hydrogens (primary N) is 1. The van der Waals surface area contributed by atoms with Crippen molar-refractivity contribution in [1.82, 2.24) is 10.6 Å². The zero-order valence-electron chi connectivity index (χ0n) is 15.2. The number of amides is 2. The second-order valence-corrected chi connectivity index (χ2v) is 7.02. The fraction of sp³-hybridized carbons (Fsp3) is 0.600. The van der Waals surface area contributed by atoms with Gasteiger partial charge in [-0.1, -0.05) is 62.9 Å². The summed E-state index contributed by atoms with van der Waals surface area (Å²) < 4.78 is 0. The molecule has 0 saturated heterocycles. The molecule has 2 rings (SSSR count). The smallest absolute Gasteiger partial charge is 0.245 e. The Bertz CT molecular complexity index is 553. The predicted molar refractivity (Wildman–Crippen MR) is 99.9 cm³/mol. The zero-order valence-corrected chi connectivity index (χ0v) is 15.2. The standard InChI is InChI=1S/C20H31N3O2/c1-2-3-14-22-19(25)20(12-8-5-9-13-20)23-18(24)15-17(21)16-10-6-4-7-11-16/h4,6-7,10-11,17H,2-3,5,8-9,12-15,21H2,1H3,(H,22,25)(H,23,24). The summed E-state index contributed by atoms with van der Waals surface area (Å²) in [5.74, 6) is -0.189. The highest BCUT2D eigenvalue weighted by Crippen LogP contribution is 2.29. The van der Waals surface area contributed by atoms with Crippen molar-refractivity contribution in [2.24, 2.45) is 5.73 Å². The summed E-state index contributed by atoms with van der Waals surface area (Å²) in [6.07, 6.45) is 6.63. The van der Waals surface area contributed by atoms with Crippen LogP contribution in [0.15, 0.2) is 30.3 Å². The van der Waals surface area contributed by atoms with Gasteiger partial charge in [-0.25, -0.2) is 0 Å². The molecule has 1 aromatic rings. The van der Waals surface area contributed by atoms with E-state index in [1.807, 2.05) is 30.3 Å². The summed E-state index contributed by atoms with van der Waals surface area (Å²) in [4.78, 5) is 25.3. The van der Waals surface area contributed by atoms with Gasteiger partial charge in [0.25, 0.3) is 0 Å². The van der Waals surface area contributed by atoms with E-state index < -0.39 is 5.54 Å². The van der Waals surface area contributed by atoms with E-state index in [4.69, 9.17) is 5.73 Å². The average molecular weight is 345 g/mol. The lowest BCUT2D eigenvalue weighted by molar-refractivity contribution is -0.135. The lowest BCUT2D eigenvalue weighted by Crippen LogP contribution is -2.60. The number of benzene rings is 1. The topological polar surface area (TPSA) is 84.2 Å². The van der Waals surface area contributed by atoms with Crippen molar-refractivity contribution in [3.05, 3.63) is 35.9 Å². The van der Waals surface area contributed by atoms with Gasteiger partial charge in [0.05, 0.1) is 0 Å². The summed E-state index contributed by atoms with van der Waals surface area (Å²) in [5.41, 5.74) is 6.33. The first-order valence-electron chi connectivity index (χ1n) is 9.47. The van der Waals surface area contributed by atoms with Crippen LogP contribution in [0, 0.1) is 0 Å². The molecule has 0 heterocycles. The molecule has 1 atom stereocenters. The molecule has 1 aliphatic rings. The van der Waals surface area contributed by atoms with Crippen LogP contribution >= 0.6 is 0 Å². The molecular weight excluding hydrogens is 314 g/mol. The van der Waals surface area contributed by atoms with Gasteiger partial charge in [0, 0.05) is 19.0 Å². The third-order valence-electron chi connectivity index (χ3n) is 4.97. The number of nitrogens with one attached hydrogen (secondary N) is 2. The van der Waals surface area contributed by atoms with Gasteiger partial charge in [-0.15, -0.1) is 0 Å². The van der Waals surface area contributed by atoms with Gasteiger partial charge in [0.2, 0.25) is 11.8 Å². The van der Waals surface area contributed by atoms with E-state index in [9.17, 15) is 9.59 Å². The first-order valence-corrected chi connectivity index (χ1v) is 9.47. The molecule has 0 radical (unpaired) electrons. The summed E-state index contributed by atoms with van der Waals surface area (Å²) in [7, 11) is 0. The molecule has 0 spiro atoms. The summed E-state index contributed by atoms with van der Waals surface area (Å²) in [6, 6.07) is 9.24. The lowest BCUT2D eigenvalue weighted by Gasteiger charge is -2.37. The van der Waals surface area contributed by atoms with Crippen LogP contribution in [0.3, 0.4) is 0 Å². The summed E-state index contributed by atoms with van der Waals surface area (Å²) in [6.45, 7) is 2.76. The van der Waals surface area contributed by atoms with Crippen molar-refractivity contribution >= 4 is 11.8 Å². The van der Waals surface area contributed by atoms with Crippen molar-refractivity contribution in [3.8, 4) is 0 Å². The molecule has 138 valence electrons. The molecule has 25 heavy (non-hydrogen) atoms. The molecule has 2 amide bonds. The Morgan fingerprint density at radius 3 is 2.48 bits per heavy atom. The van der Waals surface area contributed by atoms with Crippen molar-refractivity contribution < 1.29 is 9.59 Å². The van der Waals surface area contributed by atoms with Gasteiger partial charge in [0.1, 0.15) is 5.54 Å². The van der Waals surface area contributed by atoms with E-state index in [1.165, 1.54) is 0 Å². The Hall–Kier alpha value is -1.88. The third-order valence-corrected chi connectivity index (χ3v) is 4.97. The number of unbranched alkanes of at least 4 members (excludes halogenated alkanes) is 1. The highest BCUT2D eigenvalue weighted by molar-refractivity contribution is 5.91. The molecule has 0 aromatic heterocycles. The molecule has 5 nitrogen and oxygen atoms in total. The van der Waals surface area contributed by atoms with Gasteiger partial charge in [-0.2, -0.15) is 0 Å². The first kappa shape index (κ1) is 19.4. The molecular formula is C20H31N3O2. The Morgan fingerprint density at radius 1 is 1.16 bits per heavy atom. The maximum Gasteiger partial charge on any atom is 0.245 e. The van der Waals surface area contributed by atoms with Gasteiger partial charge in [0.15, 0.2) is 0 Å². The van der Waals surface area contributed by atoms with Crippen LogP contribution in [0.1, 0.15) is 69.9 Å². The normalized spacial score (nSPS) is 17.5. The number of hydrogen-bond acceptors (Lipinski definition) is 3. The molecule has 1 aliphatic carbocycles. The Morgan fingerprint density at radius 2 is 1.84 bits per heavy atom. The molecule has 1 saturated carbocycles. The average Bonchev–Trinajstić information content (AvgIpc) is 2.63. The van der Waals surface area contributed by atoms with Crippen molar-refractivity contribution in [1.29, 1.82) is 0 Å². The van der Waals surface area contributed by atoms with E-state index in [0.717, 1.165) is 37.7 Å². The monoisotopic (exact) mass is 345 g/mol. The van der Waals surface area contributed by atoms with Gasteiger partial charge in [-0.05, 0) is 24.8 Å². The third kappa shape index (κ3) is 5.56. The van der Waals surface area contributed by atoms with Crippen LogP contribution in [-0.2, 0) is 9.59 Å². The minimum atomic E-state index is -0.764. The summed E-state index contributed by atoms with van der Waals surface area (Å²) in [5, 5.41) is 6.03. The summed E-state index contributed by atoms with van der Waals surface area (Å²) >= 11 is 0. The van der Waals surface area contributed by atoms with Crippen LogP contribution in [0.2, 0.25) is 0 Å². The van der Waals surface area contributed by atoms with E-state index in [-0.39, 0.29) is 24.3 Å². The first-order chi connectivity index (χ1) is 12.1. The maximum absolute atomic E-state index is 12.7. The highest BCUT2D eigenvalue weighted by Gasteiger charge is 2.40. The molecule has 1 fully saturated rings. The number of carbonyl (C=O) groups is 2. The molecule has 1 aromatic carbocycles. The van der Waals surface area contributed by atoms with Crippen LogP contribution in [0.4, 0.5) is 0 Å². The van der Waals surface area contributed by atoms with E-state index >= 15 is 0 Å². The largest absolute Gasteiger partial charge is 0.354 e. The Labute approximate surface area is 150 Å². The zero-order chi connectivity index (χ0) is 18.1. The minimum Gasteiger partial charge on any atom is -0.354 e. The van der Waals surface area contributed by atoms with Crippen molar-refractivity contribution in [2.75, 3.05) is 6.54 Å². The van der Waals surface area contributed by atoms with Crippen molar-refractivity contribution in [3.63, 3.8) is 0 Å². The predicted octanol–water partition coefficient (Wildman–Crippen LogP) is 2.81. The fourth-order valence-electron chi connectivity index (χ4n) is 3.45. The van der Waals surface area contributed by atoms with E-state index in [1.54, 1.807) is 0 Å². The highest BCUT2D eigenvalue weighted by atomic mass is 16.2. The second kappa shape index (κ2) is 9.56. The lowest BCUT2D eigenvalue weighted by atomic mass is 9.80. The minimum absolute atomic E-state index is 0.0396. The second-order valence-electron chi connectivity index (χ2n) is 7.02. The Balaban J connectivity index is 1.98. The van der Waals surface area contributed by atoms with Crippen molar-refractivity contribution in [2.45, 2.75) is 69.9 Å². The molecule has 4 N–H and O–H groups in total. The SMILES string of the molecule is CCCCNC(=O)C1(NC(=O)CC(N)c2ccccc2)CCCCC1. The van der Waals surface area contributed by atoms with E-state index in [0.29, 0.717) is 19.4 Å². The van der Waals surface area contributed by atoms with E-state index in [2.05, 4.69) is 17.6 Å². The maximum atomic E-state index is 12.7. The number of hydrogen-bond donors (Lipinski definition) is 3. The van der Waals surface area contributed by atoms with Crippen LogP contribution in [0.5, 0.6) is 0 Å². The van der Waals surface area contributed by atoms with Crippen LogP contribution in [0.25, 0.3) is 0 Å². The fourth-order valence-corrected chi connectivity index (χ4v) is 3.45. The Kier molecular flexibility index (Phi) is 7.44. The molecule has 0 aliphatic heterocycles. The van der Waals surface area contributed by atoms with Crippen LogP contribution < -0.4 is 16.4 Å².